The van der Waals surface area contributed by atoms with Gasteiger partial charge in [0.2, 0.25) is 5.91 Å². The molecule has 0 spiro atoms. The van der Waals surface area contributed by atoms with E-state index in [1.54, 1.807) is 6.08 Å². The molecule has 0 aliphatic heterocycles. The van der Waals surface area contributed by atoms with E-state index in [9.17, 15) is 14.4 Å². The van der Waals surface area contributed by atoms with Gasteiger partial charge >= 0.3 is 6.03 Å². The van der Waals surface area contributed by atoms with Crippen molar-refractivity contribution >= 4 is 51.6 Å². The zero-order valence-corrected chi connectivity index (χ0v) is 14.3. The minimum absolute atomic E-state index is 0.323. The highest BCUT2D eigenvalue weighted by Gasteiger charge is 2.27. The zero-order chi connectivity index (χ0) is 17.1. The molecular weight excluding hydrogens is 346 g/mol. The van der Waals surface area contributed by atoms with Crippen LogP contribution in [0.1, 0.15) is 32.1 Å². The SMILES string of the molecule is NC(=O)NC(=O)c1c(NC(=O)C=Cc2cccs2)sc2c1CCC2. The Kier molecular flexibility index (Phi) is 4.77. The molecule has 8 heteroatoms. The zero-order valence-electron chi connectivity index (χ0n) is 12.6. The fraction of sp³-hybridized carbons (Fsp3) is 0.188. The molecule has 2 heterocycles. The molecule has 0 bridgehead atoms. The van der Waals surface area contributed by atoms with Gasteiger partial charge in [-0.3, -0.25) is 14.9 Å². The summed E-state index contributed by atoms with van der Waals surface area (Å²) in [4.78, 5) is 37.4. The number of nitrogens with two attached hydrogens (primary N) is 1. The maximum absolute atomic E-state index is 12.2. The first-order valence-electron chi connectivity index (χ1n) is 7.32. The molecule has 0 aromatic carbocycles. The summed E-state index contributed by atoms with van der Waals surface area (Å²) in [5.74, 6) is -0.893. The average molecular weight is 361 g/mol. The van der Waals surface area contributed by atoms with Crippen LogP contribution in [0.25, 0.3) is 6.08 Å². The molecule has 0 saturated carbocycles. The third-order valence-electron chi connectivity index (χ3n) is 3.56. The van der Waals surface area contributed by atoms with Gasteiger partial charge in [0.1, 0.15) is 5.00 Å². The van der Waals surface area contributed by atoms with Crippen LogP contribution in [0.15, 0.2) is 23.6 Å². The summed E-state index contributed by atoms with van der Waals surface area (Å²) in [5, 5.41) is 7.20. The van der Waals surface area contributed by atoms with Crippen LogP contribution >= 0.6 is 22.7 Å². The predicted octanol–water partition coefficient (Wildman–Crippen LogP) is 2.76. The Morgan fingerprint density at radius 1 is 1.25 bits per heavy atom. The van der Waals surface area contributed by atoms with Crippen LogP contribution in [0.4, 0.5) is 9.80 Å². The Labute approximate surface area is 146 Å². The molecular formula is C16H15N3O3S2. The van der Waals surface area contributed by atoms with Crippen molar-refractivity contribution in [2.75, 3.05) is 5.32 Å². The van der Waals surface area contributed by atoms with Gasteiger partial charge in [-0.05, 0) is 42.3 Å². The van der Waals surface area contributed by atoms with Crippen molar-refractivity contribution in [3.05, 3.63) is 44.5 Å². The highest BCUT2D eigenvalue weighted by atomic mass is 32.1. The summed E-state index contributed by atoms with van der Waals surface area (Å²) in [7, 11) is 0. The number of fused-ring (bicyclic) bond motifs is 1. The van der Waals surface area contributed by atoms with Gasteiger partial charge in [0.05, 0.1) is 5.56 Å². The molecule has 0 unspecified atom stereocenters. The number of carbonyl (C=O) groups is 3. The Morgan fingerprint density at radius 2 is 2.08 bits per heavy atom. The van der Waals surface area contributed by atoms with E-state index in [-0.39, 0.29) is 5.91 Å². The molecule has 4 N–H and O–H groups in total. The second-order valence-electron chi connectivity index (χ2n) is 5.22. The third-order valence-corrected chi connectivity index (χ3v) is 5.61. The van der Waals surface area contributed by atoms with Crippen LogP contribution in [0.5, 0.6) is 0 Å². The lowest BCUT2D eigenvalue weighted by Crippen LogP contribution is -2.35. The van der Waals surface area contributed by atoms with Crippen LogP contribution in [0.3, 0.4) is 0 Å². The lowest BCUT2D eigenvalue weighted by Gasteiger charge is -2.06. The normalized spacial score (nSPS) is 13.0. The molecule has 2 aromatic rings. The molecule has 0 radical (unpaired) electrons. The minimum atomic E-state index is -0.909. The van der Waals surface area contributed by atoms with E-state index in [1.165, 1.54) is 28.7 Å². The number of hydrogen-bond acceptors (Lipinski definition) is 5. The summed E-state index contributed by atoms with van der Waals surface area (Å²) >= 11 is 2.91. The summed E-state index contributed by atoms with van der Waals surface area (Å²) in [6.07, 6.45) is 5.73. The van der Waals surface area contributed by atoms with Crippen molar-refractivity contribution in [3.63, 3.8) is 0 Å². The van der Waals surface area contributed by atoms with Crippen molar-refractivity contribution in [2.24, 2.45) is 5.73 Å². The fourth-order valence-electron chi connectivity index (χ4n) is 2.60. The number of thiophene rings is 2. The number of nitrogens with one attached hydrogen (secondary N) is 2. The van der Waals surface area contributed by atoms with Crippen LogP contribution in [0.2, 0.25) is 0 Å². The Balaban J connectivity index is 1.81. The van der Waals surface area contributed by atoms with E-state index < -0.39 is 11.9 Å². The van der Waals surface area contributed by atoms with Crippen LogP contribution in [-0.4, -0.2) is 17.8 Å². The van der Waals surface area contributed by atoms with Gasteiger partial charge < -0.3 is 11.1 Å². The molecule has 0 atom stereocenters. The lowest BCUT2D eigenvalue weighted by atomic mass is 10.1. The second kappa shape index (κ2) is 6.98. The molecule has 0 fully saturated rings. The summed E-state index contributed by atoms with van der Waals surface area (Å²) < 4.78 is 0. The van der Waals surface area contributed by atoms with Crippen molar-refractivity contribution < 1.29 is 14.4 Å². The number of anilines is 1. The number of amides is 4. The molecule has 6 nitrogen and oxygen atoms in total. The number of carbonyl (C=O) groups excluding carboxylic acids is 3. The highest BCUT2D eigenvalue weighted by Crippen LogP contribution is 2.39. The predicted molar refractivity (Wildman–Crippen MR) is 95.4 cm³/mol. The molecule has 1 aliphatic carbocycles. The van der Waals surface area contributed by atoms with Crippen molar-refractivity contribution in [1.82, 2.24) is 5.32 Å². The Morgan fingerprint density at radius 3 is 2.79 bits per heavy atom. The first kappa shape index (κ1) is 16.4. The third kappa shape index (κ3) is 3.55. The number of hydrogen-bond donors (Lipinski definition) is 3. The maximum atomic E-state index is 12.2. The first-order valence-corrected chi connectivity index (χ1v) is 9.02. The molecule has 1 aliphatic rings. The lowest BCUT2D eigenvalue weighted by molar-refractivity contribution is -0.111. The molecule has 3 rings (SSSR count). The maximum Gasteiger partial charge on any atom is 0.319 e. The molecule has 0 saturated heterocycles. The summed E-state index contributed by atoms with van der Waals surface area (Å²) in [5.41, 5.74) is 6.28. The van der Waals surface area contributed by atoms with Gasteiger partial charge in [0.25, 0.3) is 5.91 Å². The van der Waals surface area contributed by atoms with Crippen molar-refractivity contribution in [3.8, 4) is 0 Å². The largest absolute Gasteiger partial charge is 0.351 e. The topological polar surface area (TPSA) is 101 Å². The van der Waals surface area contributed by atoms with Gasteiger partial charge in [0, 0.05) is 15.8 Å². The first-order chi connectivity index (χ1) is 11.5. The standard InChI is InChI=1S/C16H15N3O3S2/c17-16(22)19-14(21)13-10-4-1-5-11(10)24-15(13)18-12(20)7-6-9-3-2-8-23-9/h2-3,6-8H,1,4-5H2,(H,18,20)(H3,17,19,21,22). The van der Waals surface area contributed by atoms with Crippen molar-refractivity contribution in [1.29, 1.82) is 0 Å². The highest BCUT2D eigenvalue weighted by molar-refractivity contribution is 7.17. The van der Waals surface area contributed by atoms with Gasteiger partial charge in [-0.25, -0.2) is 4.79 Å². The number of rotatable bonds is 4. The number of imide groups is 1. The van der Waals surface area contributed by atoms with E-state index in [0.717, 1.165) is 34.6 Å². The van der Waals surface area contributed by atoms with Gasteiger partial charge in [-0.1, -0.05) is 6.07 Å². The van der Waals surface area contributed by atoms with Gasteiger partial charge in [-0.2, -0.15) is 0 Å². The van der Waals surface area contributed by atoms with E-state index in [1.807, 2.05) is 17.5 Å². The van der Waals surface area contributed by atoms with E-state index in [4.69, 9.17) is 5.73 Å². The van der Waals surface area contributed by atoms with Gasteiger partial charge in [0.15, 0.2) is 0 Å². The molecule has 24 heavy (non-hydrogen) atoms. The average Bonchev–Trinajstić information content (AvgIpc) is 3.20. The summed E-state index contributed by atoms with van der Waals surface area (Å²) in [6.45, 7) is 0. The fourth-order valence-corrected chi connectivity index (χ4v) is 4.51. The van der Waals surface area contributed by atoms with Crippen LogP contribution in [0, 0.1) is 0 Å². The smallest absolute Gasteiger partial charge is 0.319 e. The monoisotopic (exact) mass is 361 g/mol. The Hall–Kier alpha value is -2.45. The van der Waals surface area contributed by atoms with Crippen molar-refractivity contribution in [2.45, 2.75) is 19.3 Å². The second-order valence-corrected chi connectivity index (χ2v) is 7.30. The minimum Gasteiger partial charge on any atom is -0.351 e. The Bertz CT molecular complexity index is 822. The van der Waals surface area contributed by atoms with Crippen LogP contribution in [-0.2, 0) is 17.6 Å². The van der Waals surface area contributed by atoms with E-state index in [2.05, 4.69) is 10.6 Å². The number of primary amides is 1. The molecule has 124 valence electrons. The van der Waals surface area contributed by atoms with E-state index in [0.29, 0.717) is 10.6 Å². The quantitative estimate of drug-likeness (QED) is 0.730. The van der Waals surface area contributed by atoms with Gasteiger partial charge in [-0.15, -0.1) is 22.7 Å². The summed E-state index contributed by atoms with van der Waals surface area (Å²) in [6, 6.07) is 2.89. The molecule has 4 amide bonds. The number of urea groups is 1. The van der Waals surface area contributed by atoms with Crippen LogP contribution < -0.4 is 16.4 Å². The van der Waals surface area contributed by atoms with E-state index >= 15 is 0 Å². The number of aryl methyl sites for hydroxylation is 1. The molecule has 2 aromatic heterocycles.